The number of carbonyl (C=O) groups excluding carboxylic acids is 1. The predicted molar refractivity (Wildman–Crippen MR) is 122 cm³/mol. The minimum atomic E-state index is -0.480. The number of carbonyl (C=O) groups is 1. The second-order valence-corrected chi connectivity index (χ2v) is 7.39. The molecular weight excluding hydrogens is 435 g/mol. The molecule has 0 saturated heterocycles. The van der Waals surface area contributed by atoms with Crippen molar-refractivity contribution in [2.75, 3.05) is 11.9 Å². The van der Waals surface area contributed by atoms with Crippen molar-refractivity contribution in [3.63, 3.8) is 0 Å². The van der Waals surface area contributed by atoms with Crippen molar-refractivity contribution in [2.45, 2.75) is 6.92 Å². The summed E-state index contributed by atoms with van der Waals surface area (Å²) in [6.45, 7) is 2.51. The van der Waals surface area contributed by atoms with Gasteiger partial charge in [-0.25, -0.2) is 9.67 Å². The first-order valence-corrected chi connectivity index (χ1v) is 10.3. The summed E-state index contributed by atoms with van der Waals surface area (Å²) in [5.74, 6) is 0.824. The first-order valence-electron chi connectivity index (χ1n) is 9.57. The molecule has 1 amide bonds. The fraction of sp³-hybridized carbons (Fsp3) is 0.0870. The molecule has 0 bridgehead atoms. The molecule has 1 aromatic heterocycles. The van der Waals surface area contributed by atoms with Crippen molar-refractivity contribution in [1.82, 2.24) is 14.8 Å². The van der Waals surface area contributed by atoms with Gasteiger partial charge in [-0.1, -0.05) is 53.5 Å². The molecule has 31 heavy (non-hydrogen) atoms. The zero-order valence-corrected chi connectivity index (χ0v) is 18.1. The molecular formula is C23H18Cl2N4O2. The van der Waals surface area contributed by atoms with Gasteiger partial charge in [0, 0.05) is 10.6 Å². The Kier molecular flexibility index (Phi) is 6.21. The predicted octanol–water partition coefficient (Wildman–Crippen LogP) is 5.89. The van der Waals surface area contributed by atoms with Gasteiger partial charge in [0.05, 0.1) is 23.0 Å². The highest BCUT2D eigenvalue weighted by molar-refractivity contribution is 6.36. The van der Waals surface area contributed by atoms with Crippen LogP contribution in [0.5, 0.6) is 5.75 Å². The van der Waals surface area contributed by atoms with Gasteiger partial charge in [0.15, 0.2) is 5.82 Å². The second kappa shape index (κ2) is 9.20. The van der Waals surface area contributed by atoms with Crippen molar-refractivity contribution in [2.24, 2.45) is 0 Å². The molecule has 0 atom stereocenters. The number of ether oxygens (including phenoxy) is 1. The molecule has 8 heteroatoms. The van der Waals surface area contributed by atoms with E-state index in [-0.39, 0.29) is 5.82 Å². The van der Waals surface area contributed by atoms with E-state index in [9.17, 15) is 4.79 Å². The number of benzene rings is 3. The number of aromatic nitrogens is 3. The van der Waals surface area contributed by atoms with Crippen LogP contribution in [0.1, 0.15) is 17.5 Å². The van der Waals surface area contributed by atoms with E-state index >= 15 is 0 Å². The monoisotopic (exact) mass is 452 g/mol. The van der Waals surface area contributed by atoms with E-state index in [1.807, 2.05) is 61.5 Å². The average Bonchev–Trinajstić information content (AvgIpc) is 3.23. The van der Waals surface area contributed by atoms with Gasteiger partial charge in [-0.3, -0.25) is 4.79 Å². The molecule has 1 N–H and O–H groups in total. The maximum absolute atomic E-state index is 12.9. The molecule has 1 heterocycles. The number of nitrogens with one attached hydrogen (secondary N) is 1. The van der Waals surface area contributed by atoms with Crippen LogP contribution < -0.4 is 10.1 Å². The summed E-state index contributed by atoms with van der Waals surface area (Å²) >= 11 is 12.1. The number of nitrogens with zero attached hydrogens (tertiary/aromatic N) is 3. The minimum absolute atomic E-state index is 0.0127. The Balaban J connectivity index is 1.71. The maximum Gasteiger partial charge on any atom is 0.295 e. The van der Waals surface area contributed by atoms with Crippen molar-refractivity contribution in [3.05, 3.63) is 88.7 Å². The Labute approximate surface area is 189 Å². The van der Waals surface area contributed by atoms with Crippen LogP contribution in [-0.4, -0.2) is 27.3 Å². The molecule has 6 nitrogen and oxygen atoms in total. The zero-order chi connectivity index (χ0) is 21.8. The van der Waals surface area contributed by atoms with E-state index in [2.05, 4.69) is 15.4 Å². The molecule has 3 aromatic carbocycles. The van der Waals surface area contributed by atoms with E-state index in [0.29, 0.717) is 28.2 Å². The summed E-state index contributed by atoms with van der Waals surface area (Å²) in [5, 5.41) is 8.00. The van der Waals surface area contributed by atoms with Crippen molar-refractivity contribution >= 4 is 34.8 Å². The number of amides is 1. The number of hydrogen-bond acceptors (Lipinski definition) is 4. The lowest BCUT2D eigenvalue weighted by atomic mass is 10.2. The van der Waals surface area contributed by atoms with Gasteiger partial charge < -0.3 is 10.1 Å². The molecule has 156 valence electrons. The zero-order valence-electron chi connectivity index (χ0n) is 16.5. The summed E-state index contributed by atoms with van der Waals surface area (Å²) in [5.41, 5.74) is 2.00. The highest BCUT2D eigenvalue weighted by Crippen LogP contribution is 2.27. The van der Waals surface area contributed by atoms with E-state index in [1.165, 1.54) is 0 Å². The fourth-order valence-corrected chi connectivity index (χ4v) is 3.44. The lowest BCUT2D eigenvalue weighted by Gasteiger charge is -2.07. The molecule has 4 rings (SSSR count). The van der Waals surface area contributed by atoms with Gasteiger partial charge >= 0.3 is 0 Å². The molecule has 0 fully saturated rings. The first kappa shape index (κ1) is 20.9. The molecule has 0 aliphatic carbocycles. The van der Waals surface area contributed by atoms with E-state index in [1.54, 1.807) is 22.9 Å². The highest BCUT2D eigenvalue weighted by Gasteiger charge is 2.19. The van der Waals surface area contributed by atoms with Crippen LogP contribution in [0.3, 0.4) is 0 Å². The van der Waals surface area contributed by atoms with E-state index in [0.717, 1.165) is 17.0 Å². The van der Waals surface area contributed by atoms with E-state index < -0.39 is 5.91 Å². The largest absolute Gasteiger partial charge is 0.494 e. The van der Waals surface area contributed by atoms with Gasteiger partial charge in [0.1, 0.15) is 5.75 Å². The molecule has 0 saturated carbocycles. The van der Waals surface area contributed by atoms with Crippen LogP contribution in [0, 0.1) is 0 Å². The summed E-state index contributed by atoms with van der Waals surface area (Å²) in [4.78, 5) is 17.4. The molecule has 0 aliphatic rings. The SMILES string of the molecule is CCOc1ccc(-n2nc(C(=O)Nc3ccc(Cl)cc3Cl)nc2-c2ccccc2)cc1. The average molecular weight is 453 g/mol. The van der Waals surface area contributed by atoms with Gasteiger partial charge in [0.2, 0.25) is 5.82 Å². The van der Waals surface area contributed by atoms with Gasteiger partial charge in [-0.2, -0.15) is 0 Å². The lowest BCUT2D eigenvalue weighted by molar-refractivity contribution is 0.101. The number of rotatable bonds is 6. The number of hydrogen-bond donors (Lipinski definition) is 1. The Morgan fingerprint density at radius 3 is 2.45 bits per heavy atom. The van der Waals surface area contributed by atoms with Gasteiger partial charge in [-0.05, 0) is 49.4 Å². The first-order chi connectivity index (χ1) is 15.0. The Hall–Kier alpha value is -3.35. The van der Waals surface area contributed by atoms with Crippen LogP contribution >= 0.6 is 23.2 Å². The van der Waals surface area contributed by atoms with E-state index in [4.69, 9.17) is 27.9 Å². The molecule has 0 radical (unpaired) electrons. The van der Waals surface area contributed by atoms with Crippen LogP contribution in [0.2, 0.25) is 10.0 Å². The minimum Gasteiger partial charge on any atom is -0.494 e. The normalized spacial score (nSPS) is 10.7. The standard InChI is InChI=1S/C23H18Cl2N4O2/c1-2-31-18-11-9-17(10-12-18)29-22(15-6-4-3-5-7-15)27-21(28-29)23(30)26-20-13-8-16(24)14-19(20)25/h3-14H,2H2,1H3,(H,26,30). The lowest BCUT2D eigenvalue weighted by Crippen LogP contribution is -2.14. The topological polar surface area (TPSA) is 69.0 Å². The molecule has 4 aromatic rings. The smallest absolute Gasteiger partial charge is 0.295 e. The number of anilines is 1. The summed E-state index contributed by atoms with van der Waals surface area (Å²) in [6.07, 6.45) is 0. The third-order valence-electron chi connectivity index (χ3n) is 4.41. The molecule has 0 unspecified atom stereocenters. The third-order valence-corrected chi connectivity index (χ3v) is 4.96. The Bertz CT molecular complexity index is 1210. The van der Waals surface area contributed by atoms with Crippen LogP contribution in [0.25, 0.3) is 17.1 Å². The van der Waals surface area contributed by atoms with Crippen LogP contribution in [0.15, 0.2) is 72.8 Å². The highest BCUT2D eigenvalue weighted by atomic mass is 35.5. The fourth-order valence-electron chi connectivity index (χ4n) is 2.98. The number of halogens is 2. The molecule has 0 spiro atoms. The molecule has 0 aliphatic heterocycles. The van der Waals surface area contributed by atoms with Crippen molar-refractivity contribution < 1.29 is 9.53 Å². The maximum atomic E-state index is 12.9. The Morgan fingerprint density at radius 2 is 1.77 bits per heavy atom. The summed E-state index contributed by atoms with van der Waals surface area (Å²) in [6, 6.07) is 21.8. The third kappa shape index (κ3) is 4.71. The van der Waals surface area contributed by atoms with Crippen molar-refractivity contribution in [1.29, 1.82) is 0 Å². The summed E-state index contributed by atoms with van der Waals surface area (Å²) in [7, 11) is 0. The van der Waals surface area contributed by atoms with Gasteiger partial charge in [0.25, 0.3) is 5.91 Å². The second-order valence-electron chi connectivity index (χ2n) is 6.54. The quantitative estimate of drug-likeness (QED) is 0.395. The van der Waals surface area contributed by atoms with Gasteiger partial charge in [-0.15, -0.1) is 5.10 Å². The van der Waals surface area contributed by atoms with Crippen LogP contribution in [-0.2, 0) is 0 Å². The Morgan fingerprint density at radius 1 is 1.03 bits per heavy atom. The summed E-state index contributed by atoms with van der Waals surface area (Å²) < 4.78 is 7.14. The van der Waals surface area contributed by atoms with Crippen molar-refractivity contribution in [3.8, 4) is 22.8 Å². The van der Waals surface area contributed by atoms with Crippen LogP contribution in [0.4, 0.5) is 5.69 Å².